The first-order valence-electron chi connectivity index (χ1n) is 8.91. The molecule has 0 amide bonds. The third-order valence-corrected chi connectivity index (χ3v) is 4.49. The van der Waals surface area contributed by atoms with Crippen molar-refractivity contribution in [3.05, 3.63) is 71.8 Å². The second-order valence-corrected chi connectivity index (χ2v) is 7.02. The molecule has 0 aliphatic carbocycles. The summed E-state index contributed by atoms with van der Waals surface area (Å²) < 4.78 is 169. The summed E-state index contributed by atoms with van der Waals surface area (Å²) in [4.78, 5) is 0. The summed E-state index contributed by atoms with van der Waals surface area (Å²) in [5.41, 5.74) is -1.44. The van der Waals surface area contributed by atoms with E-state index in [0.717, 1.165) is 48.5 Å². The van der Waals surface area contributed by atoms with Gasteiger partial charge in [0, 0.05) is 12.8 Å². The van der Waals surface area contributed by atoms with Crippen LogP contribution in [0.1, 0.15) is 11.1 Å². The molecule has 2 unspecified atom stereocenters. The summed E-state index contributed by atoms with van der Waals surface area (Å²) in [6.45, 7) is 0. The third kappa shape index (κ3) is 5.22. The molecule has 0 heterocycles. The maximum absolute atomic E-state index is 14.7. The fourth-order valence-corrected chi connectivity index (χ4v) is 2.81. The molecule has 0 aliphatic rings. The van der Waals surface area contributed by atoms with Crippen molar-refractivity contribution in [1.29, 1.82) is 0 Å². The summed E-state index contributed by atoms with van der Waals surface area (Å²) in [7, 11) is 0. The lowest BCUT2D eigenvalue weighted by molar-refractivity contribution is -0.499. The van der Waals surface area contributed by atoms with Crippen LogP contribution in [0.15, 0.2) is 60.7 Å². The Kier molecular flexibility index (Phi) is 7.09. The van der Waals surface area contributed by atoms with E-state index in [1.807, 2.05) is 0 Å². The molecule has 33 heavy (non-hydrogen) atoms. The Hall–Kier alpha value is -2.44. The Morgan fingerprint density at radius 2 is 0.727 bits per heavy atom. The molecule has 0 radical (unpaired) electrons. The molecule has 184 valence electrons. The number of alkyl halides is 12. The number of ether oxygens (including phenoxy) is 1. The smallest absolute Gasteiger partial charge is 0.284 e. The van der Waals surface area contributed by atoms with Gasteiger partial charge in [-0.15, -0.1) is 0 Å². The van der Waals surface area contributed by atoms with E-state index in [-0.39, 0.29) is 0 Å². The number of hydrogen-bond acceptors (Lipinski definition) is 1. The third-order valence-electron chi connectivity index (χ3n) is 4.49. The van der Waals surface area contributed by atoms with Crippen molar-refractivity contribution in [1.82, 2.24) is 0 Å². The highest BCUT2D eigenvalue weighted by Crippen LogP contribution is 2.56. The molecular weight excluding hydrogens is 484 g/mol. The second-order valence-electron chi connectivity index (χ2n) is 7.02. The zero-order valence-corrected chi connectivity index (χ0v) is 16.1. The highest BCUT2D eigenvalue weighted by molar-refractivity contribution is 5.20. The van der Waals surface area contributed by atoms with Crippen molar-refractivity contribution in [2.75, 3.05) is 0 Å². The van der Waals surface area contributed by atoms with E-state index >= 15 is 0 Å². The first-order chi connectivity index (χ1) is 14.9. The molecule has 0 N–H and O–H groups in total. The summed E-state index contributed by atoms with van der Waals surface area (Å²) in [5.74, 6) is -25.4. The highest BCUT2D eigenvalue weighted by Gasteiger charge is 2.82. The minimum atomic E-state index is -7.04. The lowest BCUT2D eigenvalue weighted by atomic mass is 9.97. The Bertz CT molecular complexity index is 835. The fraction of sp³-hybridized carbons (Fsp3) is 0.400. The summed E-state index contributed by atoms with van der Waals surface area (Å²) in [6.07, 6.45) is -18.6. The molecule has 2 aromatic rings. The van der Waals surface area contributed by atoms with Gasteiger partial charge in [-0.1, -0.05) is 60.7 Å². The zero-order valence-electron chi connectivity index (χ0n) is 16.1. The van der Waals surface area contributed by atoms with Crippen molar-refractivity contribution < 1.29 is 57.4 Å². The molecule has 0 aliphatic heterocycles. The van der Waals surface area contributed by atoms with E-state index in [2.05, 4.69) is 4.74 Å². The zero-order chi connectivity index (χ0) is 25.3. The van der Waals surface area contributed by atoms with Crippen molar-refractivity contribution in [3.63, 3.8) is 0 Å². The monoisotopic (exact) mass is 498 g/mol. The predicted octanol–water partition coefficient (Wildman–Crippen LogP) is 7.22. The molecule has 13 heteroatoms. The van der Waals surface area contributed by atoms with Gasteiger partial charge in [-0.3, -0.25) is 4.74 Å². The predicted molar refractivity (Wildman–Crippen MR) is 91.1 cm³/mol. The van der Waals surface area contributed by atoms with Gasteiger partial charge in [-0.05, 0) is 11.1 Å². The van der Waals surface area contributed by atoms with Gasteiger partial charge in [0.25, 0.3) is 0 Å². The van der Waals surface area contributed by atoms with Gasteiger partial charge in [0.05, 0.1) is 0 Å². The molecule has 0 saturated carbocycles. The van der Waals surface area contributed by atoms with E-state index in [4.69, 9.17) is 0 Å². The Morgan fingerprint density at radius 1 is 0.455 bits per heavy atom. The van der Waals surface area contributed by atoms with E-state index in [1.165, 1.54) is 12.1 Å². The molecule has 2 rings (SSSR count). The fourth-order valence-electron chi connectivity index (χ4n) is 2.81. The van der Waals surface area contributed by atoms with Crippen molar-refractivity contribution >= 4 is 0 Å². The van der Waals surface area contributed by atoms with Crippen LogP contribution in [0, 0.1) is 0 Å². The summed E-state index contributed by atoms with van der Waals surface area (Å²) in [5, 5.41) is 0. The quantitative estimate of drug-likeness (QED) is 0.350. The topological polar surface area (TPSA) is 9.23 Å². The maximum Gasteiger partial charge on any atom is 0.455 e. The number of rotatable bonds is 8. The first-order valence-corrected chi connectivity index (χ1v) is 8.91. The second kappa shape index (κ2) is 8.73. The average molecular weight is 498 g/mol. The van der Waals surface area contributed by atoms with Gasteiger partial charge in [-0.2, -0.15) is 52.7 Å². The van der Waals surface area contributed by atoms with E-state index in [9.17, 15) is 52.7 Å². The standard InChI is InChI=1S/C20H14F12O/c21-15(22,11-13-7-3-1-4-8-13)17(25,19(27,28)29)33-18(26,20(30,31)32)16(23,24)12-14-9-5-2-6-10-14/h1-10H,11-12H2. The molecule has 2 atom stereocenters. The molecule has 0 spiro atoms. The van der Waals surface area contributed by atoms with E-state index < -0.39 is 59.9 Å². The molecule has 0 bridgehead atoms. The normalized spacial score (nSPS) is 17.3. The van der Waals surface area contributed by atoms with Crippen LogP contribution in [-0.4, -0.2) is 35.9 Å². The number of hydrogen-bond donors (Lipinski definition) is 0. The maximum atomic E-state index is 14.7. The van der Waals surface area contributed by atoms with Crippen LogP contribution < -0.4 is 0 Å². The van der Waals surface area contributed by atoms with Crippen LogP contribution in [0.25, 0.3) is 0 Å². The van der Waals surface area contributed by atoms with Crippen LogP contribution in [0.2, 0.25) is 0 Å². The Morgan fingerprint density at radius 3 is 0.970 bits per heavy atom. The van der Waals surface area contributed by atoms with Gasteiger partial charge in [-0.25, -0.2) is 0 Å². The summed E-state index contributed by atoms with van der Waals surface area (Å²) >= 11 is 0. The number of halogens is 12. The molecule has 0 aromatic heterocycles. The van der Waals surface area contributed by atoms with Crippen LogP contribution in [0.4, 0.5) is 52.7 Å². The Labute approximate surface area is 179 Å². The van der Waals surface area contributed by atoms with Gasteiger partial charge in [0.1, 0.15) is 0 Å². The van der Waals surface area contributed by atoms with Crippen molar-refractivity contribution in [2.45, 2.75) is 48.7 Å². The SMILES string of the molecule is FC(F)(F)C(F)(OC(F)(C(F)(F)F)C(F)(F)Cc1ccccc1)C(F)(F)Cc1ccccc1. The number of benzene rings is 2. The van der Waals surface area contributed by atoms with E-state index in [0.29, 0.717) is 0 Å². The largest absolute Gasteiger partial charge is 0.455 e. The molecule has 2 aromatic carbocycles. The van der Waals surface area contributed by atoms with Crippen LogP contribution >= 0.6 is 0 Å². The minimum absolute atomic E-state index is 0.718. The van der Waals surface area contributed by atoms with Crippen LogP contribution in [0.5, 0.6) is 0 Å². The van der Waals surface area contributed by atoms with Gasteiger partial charge in [0.2, 0.25) is 0 Å². The molecule has 1 nitrogen and oxygen atoms in total. The molecule has 0 fully saturated rings. The van der Waals surface area contributed by atoms with Gasteiger partial charge in [0.15, 0.2) is 0 Å². The highest BCUT2D eigenvalue weighted by atomic mass is 19.4. The lowest BCUT2D eigenvalue weighted by Crippen LogP contribution is -2.68. The van der Waals surface area contributed by atoms with E-state index in [1.54, 1.807) is 0 Å². The average Bonchev–Trinajstić information content (AvgIpc) is 2.66. The van der Waals surface area contributed by atoms with Crippen LogP contribution in [-0.2, 0) is 17.6 Å². The molecular formula is C20H14F12O. The first kappa shape index (κ1) is 26.8. The van der Waals surface area contributed by atoms with Crippen LogP contribution in [0.3, 0.4) is 0 Å². The van der Waals surface area contributed by atoms with Crippen molar-refractivity contribution in [3.8, 4) is 0 Å². The van der Waals surface area contributed by atoms with Gasteiger partial charge < -0.3 is 0 Å². The minimum Gasteiger partial charge on any atom is -0.284 e. The Balaban J connectivity index is 2.58. The van der Waals surface area contributed by atoms with Crippen molar-refractivity contribution in [2.24, 2.45) is 0 Å². The summed E-state index contributed by atoms with van der Waals surface area (Å²) in [6, 6.07) is 9.64. The molecule has 0 saturated heterocycles. The van der Waals surface area contributed by atoms with Gasteiger partial charge >= 0.3 is 35.9 Å². The lowest BCUT2D eigenvalue weighted by Gasteiger charge is -2.42.